The lowest BCUT2D eigenvalue weighted by atomic mass is 10.1. The van der Waals surface area contributed by atoms with Gasteiger partial charge in [0.2, 0.25) is 5.91 Å². The second-order valence-electron chi connectivity index (χ2n) is 5.55. The van der Waals surface area contributed by atoms with E-state index >= 15 is 0 Å². The molecule has 6 heteroatoms. The molecule has 1 saturated heterocycles. The number of hydrogen-bond acceptors (Lipinski definition) is 4. The Morgan fingerprint density at radius 2 is 1.91 bits per heavy atom. The van der Waals surface area contributed by atoms with Crippen LogP contribution in [-0.4, -0.2) is 49.3 Å². The van der Waals surface area contributed by atoms with Crippen molar-refractivity contribution in [2.75, 3.05) is 32.0 Å². The molecule has 0 aliphatic carbocycles. The van der Waals surface area contributed by atoms with E-state index in [-0.39, 0.29) is 24.1 Å². The molecule has 0 aromatic heterocycles. The maximum absolute atomic E-state index is 12.2. The van der Waals surface area contributed by atoms with Crippen LogP contribution in [0.5, 0.6) is 0 Å². The van der Waals surface area contributed by atoms with Crippen molar-refractivity contribution in [1.29, 1.82) is 0 Å². The number of nitrogens with zero attached hydrogens (tertiary/aromatic N) is 1. The average Bonchev–Trinajstić information content (AvgIpc) is 2.48. The number of benzene rings is 1. The highest BCUT2D eigenvalue weighted by molar-refractivity contribution is 6.04. The van der Waals surface area contributed by atoms with E-state index in [1.54, 1.807) is 18.2 Å². The van der Waals surface area contributed by atoms with Gasteiger partial charge in [-0.1, -0.05) is 12.1 Å². The predicted octanol–water partition coefficient (Wildman–Crippen LogP) is 1.93. The maximum atomic E-state index is 12.2. The SMILES string of the molecule is CC(=O)c1ccccc1NC(=O)CN(C)C1CCNCC1.Cl. The summed E-state index contributed by atoms with van der Waals surface area (Å²) in [5.41, 5.74) is 1.14. The van der Waals surface area contributed by atoms with Gasteiger partial charge >= 0.3 is 0 Å². The fourth-order valence-corrected chi connectivity index (χ4v) is 2.69. The summed E-state index contributed by atoms with van der Waals surface area (Å²) >= 11 is 0. The third-order valence-corrected chi connectivity index (χ3v) is 3.91. The molecule has 22 heavy (non-hydrogen) atoms. The molecule has 1 fully saturated rings. The van der Waals surface area contributed by atoms with Crippen molar-refractivity contribution in [3.8, 4) is 0 Å². The Bertz CT molecular complexity index is 516. The standard InChI is InChI=1S/C16H23N3O2.ClH/c1-12(20)14-5-3-4-6-15(14)18-16(21)11-19(2)13-7-9-17-10-8-13;/h3-6,13,17H,7-11H2,1-2H3,(H,18,21);1H. The van der Waals surface area contributed by atoms with Crippen molar-refractivity contribution in [2.24, 2.45) is 0 Å². The first-order valence-electron chi connectivity index (χ1n) is 7.38. The molecule has 1 aromatic rings. The summed E-state index contributed by atoms with van der Waals surface area (Å²) in [6, 6.07) is 7.56. The highest BCUT2D eigenvalue weighted by Gasteiger charge is 2.20. The number of ketones is 1. The smallest absolute Gasteiger partial charge is 0.238 e. The molecule has 2 N–H and O–H groups in total. The molecule has 0 atom stereocenters. The minimum atomic E-state index is -0.0790. The van der Waals surface area contributed by atoms with E-state index in [9.17, 15) is 9.59 Å². The molecular formula is C16H24ClN3O2. The minimum Gasteiger partial charge on any atom is -0.324 e. The lowest BCUT2D eigenvalue weighted by Gasteiger charge is -2.31. The Labute approximate surface area is 137 Å². The van der Waals surface area contributed by atoms with Crippen molar-refractivity contribution >= 4 is 29.8 Å². The third kappa shape index (κ3) is 5.09. The number of halogens is 1. The number of amides is 1. The predicted molar refractivity (Wildman–Crippen MR) is 90.8 cm³/mol. The normalized spacial score (nSPS) is 15.2. The number of anilines is 1. The lowest BCUT2D eigenvalue weighted by Crippen LogP contribution is -2.44. The highest BCUT2D eigenvalue weighted by Crippen LogP contribution is 2.16. The average molecular weight is 326 g/mol. The Morgan fingerprint density at radius 1 is 1.27 bits per heavy atom. The monoisotopic (exact) mass is 325 g/mol. The Morgan fingerprint density at radius 3 is 2.55 bits per heavy atom. The first-order valence-corrected chi connectivity index (χ1v) is 7.38. The molecule has 1 aliphatic heterocycles. The second kappa shape index (κ2) is 8.88. The van der Waals surface area contributed by atoms with Crippen LogP contribution in [0.2, 0.25) is 0 Å². The van der Waals surface area contributed by atoms with E-state index < -0.39 is 0 Å². The molecule has 0 spiro atoms. The number of hydrogen-bond donors (Lipinski definition) is 2. The van der Waals surface area contributed by atoms with E-state index in [0.717, 1.165) is 25.9 Å². The largest absolute Gasteiger partial charge is 0.324 e. The zero-order valence-electron chi connectivity index (χ0n) is 13.1. The summed E-state index contributed by atoms with van der Waals surface area (Å²) in [6.07, 6.45) is 2.13. The zero-order valence-corrected chi connectivity index (χ0v) is 13.9. The molecule has 0 unspecified atom stereocenters. The number of piperidine rings is 1. The summed E-state index contributed by atoms with van der Waals surface area (Å²) in [5, 5.41) is 6.16. The molecule has 1 aliphatic rings. The van der Waals surface area contributed by atoms with E-state index in [1.165, 1.54) is 6.92 Å². The Balaban J connectivity index is 0.00000242. The topological polar surface area (TPSA) is 61.4 Å². The molecule has 1 aromatic carbocycles. The molecular weight excluding hydrogens is 302 g/mol. The van der Waals surface area contributed by atoms with Gasteiger partial charge in [-0.15, -0.1) is 12.4 Å². The van der Waals surface area contributed by atoms with E-state index in [2.05, 4.69) is 15.5 Å². The summed E-state index contributed by atoms with van der Waals surface area (Å²) < 4.78 is 0. The van der Waals surface area contributed by atoms with Gasteiger partial charge in [-0.3, -0.25) is 14.5 Å². The fraction of sp³-hybridized carbons (Fsp3) is 0.500. The number of carbonyl (C=O) groups excluding carboxylic acids is 2. The molecule has 2 rings (SSSR count). The van der Waals surface area contributed by atoms with Crippen LogP contribution in [0.1, 0.15) is 30.1 Å². The quantitative estimate of drug-likeness (QED) is 0.812. The number of para-hydroxylation sites is 1. The Hall–Kier alpha value is -1.43. The van der Waals surface area contributed by atoms with Gasteiger partial charge in [0.15, 0.2) is 5.78 Å². The van der Waals surface area contributed by atoms with Crippen LogP contribution in [0.15, 0.2) is 24.3 Å². The number of rotatable bonds is 5. The first kappa shape index (κ1) is 18.6. The van der Waals surface area contributed by atoms with Crippen molar-refractivity contribution in [3.63, 3.8) is 0 Å². The molecule has 0 radical (unpaired) electrons. The van der Waals surface area contributed by atoms with Gasteiger partial charge in [0, 0.05) is 11.6 Å². The van der Waals surface area contributed by atoms with Crippen LogP contribution in [0.4, 0.5) is 5.69 Å². The fourth-order valence-electron chi connectivity index (χ4n) is 2.69. The second-order valence-corrected chi connectivity index (χ2v) is 5.55. The number of nitrogens with one attached hydrogen (secondary N) is 2. The van der Waals surface area contributed by atoms with Crippen LogP contribution in [0.3, 0.4) is 0 Å². The molecule has 1 amide bonds. The van der Waals surface area contributed by atoms with Crippen molar-refractivity contribution in [1.82, 2.24) is 10.2 Å². The molecule has 5 nitrogen and oxygen atoms in total. The first-order chi connectivity index (χ1) is 10.1. The lowest BCUT2D eigenvalue weighted by molar-refractivity contribution is -0.117. The van der Waals surface area contributed by atoms with Crippen LogP contribution < -0.4 is 10.6 Å². The van der Waals surface area contributed by atoms with Gasteiger partial charge in [-0.2, -0.15) is 0 Å². The zero-order chi connectivity index (χ0) is 15.2. The number of Topliss-reactive ketones (excluding diaryl/α,β-unsaturated/α-hetero) is 1. The van der Waals surface area contributed by atoms with Gasteiger partial charge in [-0.25, -0.2) is 0 Å². The van der Waals surface area contributed by atoms with Gasteiger partial charge in [0.25, 0.3) is 0 Å². The van der Waals surface area contributed by atoms with Gasteiger partial charge in [-0.05, 0) is 52.0 Å². The van der Waals surface area contributed by atoms with Gasteiger partial charge in [0.05, 0.1) is 12.2 Å². The van der Waals surface area contributed by atoms with Crippen LogP contribution >= 0.6 is 12.4 Å². The van der Waals surface area contributed by atoms with Crippen LogP contribution in [0, 0.1) is 0 Å². The third-order valence-electron chi connectivity index (χ3n) is 3.91. The van der Waals surface area contributed by atoms with E-state index in [4.69, 9.17) is 0 Å². The summed E-state index contributed by atoms with van der Waals surface area (Å²) in [4.78, 5) is 25.8. The minimum absolute atomic E-state index is 0. The number of likely N-dealkylation sites (N-methyl/N-ethyl adjacent to an activating group) is 1. The van der Waals surface area contributed by atoms with Crippen molar-refractivity contribution in [2.45, 2.75) is 25.8 Å². The summed E-state index contributed by atoms with van der Waals surface area (Å²) in [7, 11) is 1.98. The Kier molecular flexibility index (Phi) is 7.51. The summed E-state index contributed by atoms with van der Waals surface area (Å²) in [6.45, 7) is 3.86. The van der Waals surface area contributed by atoms with Crippen molar-refractivity contribution < 1.29 is 9.59 Å². The van der Waals surface area contributed by atoms with E-state index in [1.807, 2.05) is 13.1 Å². The van der Waals surface area contributed by atoms with Gasteiger partial charge in [0.1, 0.15) is 0 Å². The molecule has 122 valence electrons. The van der Waals surface area contributed by atoms with Crippen LogP contribution in [0.25, 0.3) is 0 Å². The molecule has 0 bridgehead atoms. The van der Waals surface area contributed by atoms with Crippen LogP contribution in [-0.2, 0) is 4.79 Å². The van der Waals surface area contributed by atoms with E-state index in [0.29, 0.717) is 23.8 Å². The van der Waals surface area contributed by atoms with Crippen molar-refractivity contribution in [3.05, 3.63) is 29.8 Å². The number of carbonyl (C=O) groups is 2. The van der Waals surface area contributed by atoms with Gasteiger partial charge < -0.3 is 10.6 Å². The molecule has 1 heterocycles. The molecule has 0 saturated carbocycles. The highest BCUT2D eigenvalue weighted by atomic mass is 35.5. The summed E-state index contributed by atoms with van der Waals surface area (Å²) in [5.74, 6) is -0.123. The maximum Gasteiger partial charge on any atom is 0.238 e.